The van der Waals surface area contributed by atoms with Crippen LogP contribution in [0.3, 0.4) is 0 Å². The lowest BCUT2D eigenvalue weighted by Crippen LogP contribution is -2.16. The van der Waals surface area contributed by atoms with E-state index in [-0.39, 0.29) is 23.4 Å². The molecule has 0 aromatic heterocycles. The zero-order valence-electron chi connectivity index (χ0n) is 12.6. The third kappa shape index (κ3) is 2.27. The summed E-state index contributed by atoms with van der Waals surface area (Å²) in [6.07, 6.45) is 4.99. The van der Waals surface area contributed by atoms with Gasteiger partial charge in [-0.3, -0.25) is 9.59 Å². The van der Waals surface area contributed by atoms with Crippen molar-refractivity contribution in [3.8, 4) is 0 Å². The average Bonchev–Trinajstić information content (AvgIpc) is 3.23. The molecule has 112 valence electrons. The number of allylic oxidation sites excluding steroid dienone is 4. The number of hydrogen-bond acceptors (Lipinski definition) is 2. The highest BCUT2D eigenvalue weighted by Gasteiger charge is 2.41. The first-order chi connectivity index (χ1) is 11.3. The van der Waals surface area contributed by atoms with Crippen LogP contribution in [0.5, 0.6) is 0 Å². The van der Waals surface area contributed by atoms with Crippen LogP contribution in [-0.2, 0) is 0 Å². The molecule has 4 rings (SSSR count). The molecule has 2 bridgehead atoms. The normalized spacial score (nSPS) is 21.7. The van der Waals surface area contributed by atoms with Crippen LogP contribution < -0.4 is 0 Å². The molecule has 2 aliphatic rings. The molecular weight excluding hydrogens is 284 g/mol. The van der Waals surface area contributed by atoms with Gasteiger partial charge in [0.15, 0.2) is 11.6 Å². The van der Waals surface area contributed by atoms with Crippen LogP contribution in [0.1, 0.15) is 27.1 Å². The van der Waals surface area contributed by atoms with Crippen molar-refractivity contribution in [1.82, 2.24) is 0 Å². The molecule has 2 aromatic rings. The maximum atomic E-state index is 12.9. The maximum absolute atomic E-state index is 12.9. The summed E-state index contributed by atoms with van der Waals surface area (Å²) in [6.45, 7) is 0. The second-order valence-electron chi connectivity index (χ2n) is 6.05. The summed E-state index contributed by atoms with van der Waals surface area (Å²) in [5.74, 6) is 0.134. The lowest BCUT2D eigenvalue weighted by atomic mass is 9.87. The number of fused-ring (bicyclic) bond motifs is 2. The van der Waals surface area contributed by atoms with E-state index >= 15 is 0 Å². The first-order valence-corrected chi connectivity index (χ1v) is 7.87. The molecule has 2 atom stereocenters. The monoisotopic (exact) mass is 300 g/mol. The number of hydrogen-bond donors (Lipinski definition) is 0. The van der Waals surface area contributed by atoms with Crippen LogP contribution in [0, 0.1) is 11.8 Å². The van der Waals surface area contributed by atoms with Gasteiger partial charge in [0, 0.05) is 34.1 Å². The number of rotatable bonds is 4. The van der Waals surface area contributed by atoms with Gasteiger partial charge in [-0.15, -0.1) is 0 Å². The Kier molecular flexibility index (Phi) is 3.30. The van der Waals surface area contributed by atoms with Crippen molar-refractivity contribution >= 4 is 11.6 Å². The van der Waals surface area contributed by atoms with Gasteiger partial charge in [0.2, 0.25) is 0 Å². The van der Waals surface area contributed by atoms with E-state index in [0.717, 1.165) is 6.42 Å². The number of benzene rings is 2. The van der Waals surface area contributed by atoms with Gasteiger partial charge in [-0.2, -0.15) is 0 Å². The molecule has 0 saturated carbocycles. The topological polar surface area (TPSA) is 34.1 Å². The fourth-order valence-electron chi connectivity index (χ4n) is 3.60. The Morgan fingerprint density at radius 3 is 1.43 bits per heavy atom. The smallest absolute Gasteiger partial charge is 0.190 e. The maximum Gasteiger partial charge on any atom is 0.190 e. The van der Waals surface area contributed by atoms with Gasteiger partial charge in [-0.1, -0.05) is 72.8 Å². The molecule has 2 aromatic carbocycles. The molecule has 0 aliphatic heterocycles. The third-order valence-electron chi connectivity index (χ3n) is 4.68. The van der Waals surface area contributed by atoms with E-state index < -0.39 is 0 Å². The summed E-state index contributed by atoms with van der Waals surface area (Å²) in [5, 5.41) is 0. The number of Topliss-reactive ketones (excluding diaryl/α,β-unsaturated/α-hetero) is 2. The third-order valence-corrected chi connectivity index (χ3v) is 4.68. The molecule has 0 heterocycles. The van der Waals surface area contributed by atoms with Crippen LogP contribution >= 0.6 is 0 Å². The van der Waals surface area contributed by atoms with Gasteiger partial charge in [0.1, 0.15) is 0 Å². The van der Waals surface area contributed by atoms with Crippen LogP contribution in [0.25, 0.3) is 0 Å². The van der Waals surface area contributed by atoms with E-state index in [4.69, 9.17) is 0 Å². The molecule has 0 spiro atoms. The van der Waals surface area contributed by atoms with Gasteiger partial charge in [-0.25, -0.2) is 0 Å². The van der Waals surface area contributed by atoms with Gasteiger partial charge >= 0.3 is 0 Å². The predicted octanol–water partition coefficient (Wildman–Crippen LogP) is 4.25. The highest BCUT2D eigenvalue weighted by molar-refractivity contribution is 6.19. The molecule has 2 heteroatoms. The van der Waals surface area contributed by atoms with Crippen molar-refractivity contribution < 1.29 is 9.59 Å². The van der Waals surface area contributed by atoms with E-state index in [0.29, 0.717) is 22.3 Å². The lowest BCUT2D eigenvalue weighted by Gasteiger charge is -2.15. The second kappa shape index (κ2) is 5.47. The fourth-order valence-corrected chi connectivity index (χ4v) is 3.60. The minimum absolute atomic E-state index is 0.0123. The van der Waals surface area contributed by atoms with E-state index in [1.54, 1.807) is 0 Å². The van der Waals surface area contributed by atoms with Gasteiger partial charge < -0.3 is 0 Å². The van der Waals surface area contributed by atoms with Crippen LogP contribution in [0.2, 0.25) is 0 Å². The van der Waals surface area contributed by atoms with Gasteiger partial charge in [0.05, 0.1) is 0 Å². The van der Waals surface area contributed by atoms with E-state index in [2.05, 4.69) is 12.2 Å². The van der Waals surface area contributed by atoms with Crippen LogP contribution in [-0.4, -0.2) is 11.6 Å². The Bertz CT molecular complexity index is 759. The first kappa shape index (κ1) is 13.9. The SMILES string of the molecule is O=C(C1=C(C(=O)c2ccccc2)C2C=CC1C2)c1ccccc1. The van der Waals surface area contributed by atoms with Crippen LogP contribution in [0.15, 0.2) is 84.0 Å². The Hall–Kier alpha value is -2.74. The fraction of sp³-hybridized carbons (Fsp3) is 0.143. The Morgan fingerprint density at radius 1 is 0.652 bits per heavy atom. The molecule has 0 amide bonds. The summed E-state index contributed by atoms with van der Waals surface area (Å²) in [7, 11) is 0. The van der Waals surface area contributed by atoms with Crippen molar-refractivity contribution in [3.63, 3.8) is 0 Å². The zero-order valence-corrected chi connectivity index (χ0v) is 12.6. The molecule has 2 aliphatic carbocycles. The summed E-state index contributed by atoms with van der Waals surface area (Å²) >= 11 is 0. The zero-order chi connectivity index (χ0) is 15.8. The second-order valence-corrected chi connectivity index (χ2v) is 6.05. The quantitative estimate of drug-likeness (QED) is 0.624. The number of carbonyl (C=O) groups is 2. The molecule has 2 unspecified atom stereocenters. The highest BCUT2D eigenvalue weighted by Crippen LogP contribution is 2.46. The van der Waals surface area contributed by atoms with Crippen molar-refractivity contribution in [2.75, 3.05) is 0 Å². The first-order valence-electron chi connectivity index (χ1n) is 7.87. The highest BCUT2D eigenvalue weighted by atomic mass is 16.1. The molecule has 0 saturated heterocycles. The van der Waals surface area contributed by atoms with Gasteiger partial charge in [0.25, 0.3) is 0 Å². The Morgan fingerprint density at radius 2 is 1.04 bits per heavy atom. The molecule has 23 heavy (non-hydrogen) atoms. The van der Waals surface area contributed by atoms with E-state index in [9.17, 15) is 9.59 Å². The van der Waals surface area contributed by atoms with Crippen molar-refractivity contribution in [1.29, 1.82) is 0 Å². The van der Waals surface area contributed by atoms with Crippen molar-refractivity contribution in [2.45, 2.75) is 6.42 Å². The summed E-state index contributed by atoms with van der Waals surface area (Å²) in [5.41, 5.74) is 2.69. The minimum atomic E-state index is -0.0123. The van der Waals surface area contributed by atoms with E-state index in [1.165, 1.54) is 0 Å². The van der Waals surface area contributed by atoms with E-state index in [1.807, 2.05) is 60.7 Å². The molecule has 0 N–H and O–H groups in total. The predicted molar refractivity (Wildman–Crippen MR) is 89.3 cm³/mol. The van der Waals surface area contributed by atoms with Crippen molar-refractivity contribution in [2.24, 2.45) is 11.8 Å². The largest absolute Gasteiger partial charge is 0.289 e. The van der Waals surface area contributed by atoms with Crippen molar-refractivity contribution in [3.05, 3.63) is 95.1 Å². The number of carbonyl (C=O) groups excluding carboxylic acids is 2. The summed E-state index contributed by atoms with van der Waals surface area (Å²) in [4.78, 5) is 25.9. The minimum Gasteiger partial charge on any atom is -0.289 e. The Labute approximate surface area is 135 Å². The lowest BCUT2D eigenvalue weighted by molar-refractivity contribution is 0.0994. The molecule has 0 fully saturated rings. The number of ketones is 2. The molecule has 2 nitrogen and oxygen atoms in total. The van der Waals surface area contributed by atoms with Crippen LogP contribution in [0.4, 0.5) is 0 Å². The average molecular weight is 300 g/mol. The van der Waals surface area contributed by atoms with Gasteiger partial charge in [-0.05, 0) is 6.42 Å². The standard InChI is InChI=1S/C21H16O2/c22-20(14-7-3-1-4-8-14)18-16-11-12-17(13-16)19(18)21(23)15-9-5-2-6-10-15/h1-12,16-17H,13H2. The summed E-state index contributed by atoms with van der Waals surface area (Å²) in [6, 6.07) is 18.5. The Balaban J connectivity index is 1.80. The molecular formula is C21H16O2. The molecule has 0 radical (unpaired) electrons. The summed E-state index contributed by atoms with van der Waals surface area (Å²) < 4.78 is 0.